The first kappa shape index (κ1) is 28.3. The number of amides is 1. The number of aliphatic carboxylic acids is 1. The van der Waals surface area contributed by atoms with Crippen LogP contribution in [0.4, 0.5) is 5.13 Å². The molecule has 3 aromatic carbocycles. The number of fused-ring (bicyclic) bond motifs is 2. The van der Waals surface area contributed by atoms with E-state index >= 15 is 0 Å². The SMILES string of the molecule is Cc1cc2nc(N3CC(c4ccc5c(cnn5C)c4)CC3=O)sc2c(-c2ccc(Cl)cc2)c1C(OC(C)(C)C)C(=O)O. The number of halogens is 1. The molecule has 10 heteroatoms. The van der Waals surface area contributed by atoms with Crippen LogP contribution in [0.15, 0.2) is 54.7 Å². The molecule has 1 amide bonds. The smallest absolute Gasteiger partial charge is 0.337 e. The minimum absolute atomic E-state index is 0.00908. The van der Waals surface area contributed by atoms with Crippen LogP contribution in [0.1, 0.15) is 55.9 Å². The molecule has 3 heterocycles. The third-order valence-corrected chi connectivity index (χ3v) is 8.97. The molecule has 1 N–H and O–H groups in total. The maximum absolute atomic E-state index is 13.3. The standard InChI is InChI=1S/C32H31ClN4O4S/c1-17-12-23-29(27(18-6-9-22(33)10-7-18)26(17)28(30(39)40)41-32(2,3)4)42-31(35-23)37-16-21(14-25(37)38)19-8-11-24-20(13-19)15-34-36(24)5/h6-13,15,21,28H,14,16H2,1-5H3,(H,39,40). The van der Waals surface area contributed by atoms with Crippen LogP contribution < -0.4 is 4.90 Å². The van der Waals surface area contributed by atoms with E-state index in [2.05, 4.69) is 17.2 Å². The third kappa shape index (κ3) is 5.17. The Bertz CT molecular complexity index is 1850. The highest BCUT2D eigenvalue weighted by atomic mass is 35.5. The van der Waals surface area contributed by atoms with Gasteiger partial charge in [-0.3, -0.25) is 14.4 Å². The van der Waals surface area contributed by atoms with Gasteiger partial charge in [0.05, 0.1) is 27.5 Å². The van der Waals surface area contributed by atoms with Gasteiger partial charge < -0.3 is 9.84 Å². The highest BCUT2D eigenvalue weighted by Crippen LogP contribution is 2.45. The quantitative estimate of drug-likeness (QED) is 0.219. The van der Waals surface area contributed by atoms with E-state index in [0.29, 0.717) is 34.2 Å². The number of anilines is 1. The Morgan fingerprint density at radius 3 is 2.60 bits per heavy atom. The predicted molar refractivity (Wildman–Crippen MR) is 166 cm³/mol. The molecule has 0 aliphatic carbocycles. The second-order valence-electron chi connectivity index (χ2n) is 11.8. The first-order valence-electron chi connectivity index (χ1n) is 13.7. The summed E-state index contributed by atoms with van der Waals surface area (Å²) in [6.07, 6.45) is 1.02. The number of benzene rings is 3. The molecule has 0 spiro atoms. The number of aromatic nitrogens is 3. The molecule has 1 saturated heterocycles. The fraction of sp³-hybridized carbons (Fsp3) is 0.312. The number of rotatable bonds is 6. The van der Waals surface area contributed by atoms with E-state index < -0.39 is 17.7 Å². The minimum atomic E-state index is -1.20. The second-order valence-corrected chi connectivity index (χ2v) is 13.2. The van der Waals surface area contributed by atoms with E-state index in [1.807, 2.05) is 69.9 Å². The molecule has 216 valence electrons. The van der Waals surface area contributed by atoms with Crippen molar-refractivity contribution in [3.05, 3.63) is 76.4 Å². The van der Waals surface area contributed by atoms with Crippen molar-refractivity contribution < 1.29 is 19.4 Å². The molecular formula is C32H31ClN4O4S. The average molecular weight is 603 g/mol. The molecule has 1 aliphatic heterocycles. The van der Waals surface area contributed by atoms with Gasteiger partial charge in [-0.2, -0.15) is 5.10 Å². The van der Waals surface area contributed by atoms with Crippen molar-refractivity contribution in [3.8, 4) is 11.1 Å². The number of carbonyl (C=O) groups is 2. The largest absolute Gasteiger partial charge is 0.479 e. The number of nitrogens with zero attached hydrogens (tertiary/aromatic N) is 4. The molecule has 1 fully saturated rings. The Kier molecular flexibility index (Phi) is 7.07. The van der Waals surface area contributed by atoms with Crippen LogP contribution in [0.3, 0.4) is 0 Å². The fourth-order valence-corrected chi connectivity index (χ4v) is 6.97. The first-order chi connectivity index (χ1) is 19.9. The van der Waals surface area contributed by atoms with Crippen LogP contribution in [0.25, 0.3) is 32.2 Å². The van der Waals surface area contributed by atoms with E-state index in [1.54, 1.807) is 17.0 Å². The average Bonchev–Trinajstić information content (AvgIpc) is 3.63. The Morgan fingerprint density at radius 1 is 1.17 bits per heavy atom. The zero-order valence-corrected chi connectivity index (χ0v) is 25.6. The van der Waals surface area contributed by atoms with Crippen LogP contribution in [0.2, 0.25) is 5.02 Å². The monoisotopic (exact) mass is 602 g/mol. The van der Waals surface area contributed by atoms with E-state index in [1.165, 1.54) is 11.3 Å². The van der Waals surface area contributed by atoms with Gasteiger partial charge in [0.1, 0.15) is 0 Å². The molecule has 0 saturated carbocycles. The van der Waals surface area contributed by atoms with Gasteiger partial charge in [0.15, 0.2) is 11.2 Å². The molecule has 2 unspecified atom stereocenters. The van der Waals surface area contributed by atoms with Crippen molar-refractivity contribution in [1.82, 2.24) is 14.8 Å². The normalized spacial score (nSPS) is 16.6. The molecule has 1 aliphatic rings. The third-order valence-electron chi connectivity index (χ3n) is 7.60. The van der Waals surface area contributed by atoms with Crippen LogP contribution in [0, 0.1) is 6.92 Å². The molecule has 8 nitrogen and oxygen atoms in total. The van der Waals surface area contributed by atoms with Crippen LogP contribution in [-0.2, 0) is 21.4 Å². The van der Waals surface area contributed by atoms with Crippen molar-refractivity contribution in [1.29, 1.82) is 0 Å². The number of aryl methyl sites for hydroxylation is 2. The van der Waals surface area contributed by atoms with Crippen molar-refractivity contribution in [2.75, 3.05) is 11.4 Å². The van der Waals surface area contributed by atoms with Gasteiger partial charge in [-0.05, 0) is 74.7 Å². The molecule has 0 radical (unpaired) electrons. The van der Waals surface area contributed by atoms with Crippen molar-refractivity contribution in [2.24, 2.45) is 7.05 Å². The number of carboxylic acid groups (broad SMARTS) is 1. The fourth-order valence-electron chi connectivity index (χ4n) is 5.69. The van der Waals surface area contributed by atoms with E-state index in [9.17, 15) is 14.7 Å². The summed E-state index contributed by atoms with van der Waals surface area (Å²) in [5.41, 5.74) is 4.99. The molecule has 5 aromatic rings. The van der Waals surface area contributed by atoms with E-state index in [4.69, 9.17) is 21.3 Å². The summed E-state index contributed by atoms with van der Waals surface area (Å²) in [5, 5.41) is 16.9. The molecule has 0 bridgehead atoms. The van der Waals surface area contributed by atoms with E-state index in [-0.39, 0.29) is 11.8 Å². The molecule has 2 aromatic heterocycles. The Balaban J connectivity index is 1.45. The van der Waals surface area contributed by atoms with Gasteiger partial charge in [0, 0.05) is 47.5 Å². The maximum Gasteiger partial charge on any atom is 0.337 e. The van der Waals surface area contributed by atoms with Crippen LogP contribution >= 0.6 is 22.9 Å². The number of hydrogen-bond acceptors (Lipinski definition) is 6. The number of carboxylic acids is 1. The number of ether oxygens (including phenoxy) is 1. The topological polar surface area (TPSA) is 97.5 Å². The lowest BCUT2D eigenvalue weighted by Crippen LogP contribution is -2.28. The summed E-state index contributed by atoms with van der Waals surface area (Å²) >= 11 is 7.61. The van der Waals surface area contributed by atoms with E-state index in [0.717, 1.165) is 37.9 Å². The summed E-state index contributed by atoms with van der Waals surface area (Å²) in [4.78, 5) is 32.6. The number of thiazole rings is 1. The summed E-state index contributed by atoms with van der Waals surface area (Å²) in [6.45, 7) is 7.90. The molecule has 2 atom stereocenters. The zero-order chi connectivity index (χ0) is 29.9. The van der Waals surface area contributed by atoms with Crippen LogP contribution in [-0.4, -0.2) is 43.9 Å². The van der Waals surface area contributed by atoms with Gasteiger partial charge >= 0.3 is 5.97 Å². The highest BCUT2D eigenvalue weighted by molar-refractivity contribution is 7.23. The van der Waals surface area contributed by atoms with Gasteiger partial charge in [-0.15, -0.1) is 0 Å². The van der Waals surface area contributed by atoms with Gasteiger partial charge in [-0.25, -0.2) is 9.78 Å². The Hall–Kier alpha value is -3.79. The second kappa shape index (κ2) is 10.5. The summed E-state index contributed by atoms with van der Waals surface area (Å²) < 4.78 is 8.74. The highest BCUT2D eigenvalue weighted by Gasteiger charge is 2.36. The Morgan fingerprint density at radius 2 is 1.90 bits per heavy atom. The van der Waals surface area contributed by atoms with Gasteiger partial charge in [-0.1, -0.05) is 41.1 Å². The lowest BCUT2D eigenvalue weighted by molar-refractivity contribution is -0.160. The molecule has 6 rings (SSSR count). The van der Waals surface area contributed by atoms with Gasteiger partial charge in [0.25, 0.3) is 0 Å². The van der Waals surface area contributed by atoms with Crippen LogP contribution in [0.5, 0.6) is 0 Å². The number of carbonyl (C=O) groups excluding carboxylic acids is 1. The molecular weight excluding hydrogens is 572 g/mol. The van der Waals surface area contributed by atoms with Gasteiger partial charge in [0.2, 0.25) is 5.91 Å². The van der Waals surface area contributed by atoms with Crippen molar-refractivity contribution in [3.63, 3.8) is 0 Å². The maximum atomic E-state index is 13.3. The minimum Gasteiger partial charge on any atom is -0.479 e. The summed E-state index contributed by atoms with van der Waals surface area (Å²) in [7, 11) is 1.91. The van der Waals surface area contributed by atoms with Crippen molar-refractivity contribution >= 4 is 61.1 Å². The molecule has 42 heavy (non-hydrogen) atoms. The van der Waals surface area contributed by atoms with Crippen molar-refractivity contribution in [2.45, 2.75) is 51.7 Å². The Labute approximate surface area is 252 Å². The summed E-state index contributed by atoms with van der Waals surface area (Å²) in [6, 6.07) is 15.4. The summed E-state index contributed by atoms with van der Waals surface area (Å²) in [5.74, 6) is -1.04. The number of hydrogen-bond donors (Lipinski definition) is 1. The lowest BCUT2D eigenvalue weighted by Gasteiger charge is -2.28. The predicted octanol–water partition coefficient (Wildman–Crippen LogP) is 7.27. The first-order valence-corrected chi connectivity index (χ1v) is 14.9. The lowest BCUT2D eigenvalue weighted by atomic mass is 9.91. The zero-order valence-electron chi connectivity index (χ0n) is 24.0.